The molecule has 0 saturated heterocycles. The Labute approximate surface area is 95.6 Å². The zero-order valence-corrected chi connectivity index (χ0v) is 10.4. The Kier molecular flexibility index (Phi) is 4.45. The largest absolute Gasteiger partial charge is 0.389 e. The molecule has 0 fully saturated rings. The molecule has 94 valence electrons. The molecule has 0 aromatic rings. The SMILES string of the molecule is CC(NC(C)(C)C(C)(C)O)C(=O)NC(N)=O. The summed E-state index contributed by atoms with van der Waals surface area (Å²) < 4.78 is 0. The fourth-order valence-electron chi connectivity index (χ4n) is 1.01. The molecule has 0 aliphatic carbocycles. The van der Waals surface area contributed by atoms with Crippen molar-refractivity contribution >= 4 is 11.9 Å². The Bertz CT molecular complexity index is 282. The first-order valence-electron chi connectivity index (χ1n) is 5.08. The Morgan fingerprint density at radius 2 is 1.69 bits per heavy atom. The summed E-state index contributed by atoms with van der Waals surface area (Å²) >= 11 is 0. The van der Waals surface area contributed by atoms with Crippen molar-refractivity contribution in [3.8, 4) is 0 Å². The van der Waals surface area contributed by atoms with Gasteiger partial charge in [-0.1, -0.05) is 0 Å². The van der Waals surface area contributed by atoms with E-state index in [9.17, 15) is 14.7 Å². The molecule has 1 atom stereocenters. The molecule has 6 nitrogen and oxygen atoms in total. The second-order valence-electron chi connectivity index (χ2n) is 4.90. The molecule has 5 N–H and O–H groups in total. The molecule has 0 saturated carbocycles. The van der Waals surface area contributed by atoms with Gasteiger partial charge in [0.1, 0.15) is 0 Å². The van der Waals surface area contributed by atoms with Crippen molar-refractivity contribution < 1.29 is 14.7 Å². The molecule has 1 unspecified atom stereocenters. The van der Waals surface area contributed by atoms with E-state index in [4.69, 9.17) is 5.73 Å². The summed E-state index contributed by atoms with van der Waals surface area (Å²) in [5.41, 5.74) is 3.15. The summed E-state index contributed by atoms with van der Waals surface area (Å²) in [4.78, 5) is 21.9. The average molecular weight is 231 g/mol. The van der Waals surface area contributed by atoms with Crippen molar-refractivity contribution in [2.24, 2.45) is 5.73 Å². The third kappa shape index (κ3) is 4.16. The summed E-state index contributed by atoms with van der Waals surface area (Å²) in [6, 6.07) is -1.52. The van der Waals surface area contributed by atoms with E-state index < -0.39 is 29.1 Å². The maximum atomic E-state index is 11.4. The summed E-state index contributed by atoms with van der Waals surface area (Å²) in [5.74, 6) is -0.523. The van der Waals surface area contributed by atoms with Crippen molar-refractivity contribution in [1.29, 1.82) is 0 Å². The maximum Gasteiger partial charge on any atom is 0.318 e. The molecule has 6 heteroatoms. The minimum absolute atomic E-state index is 0.523. The van der Waals surface area contributed by atoms with Gasteiger partial charge < -0.3 is 10.8 Å². The molecular formula is C10H21N3O3. The topological polar surface area (TPSA) is 104 Å². The van der Waals surface area contributed by atoms with Crippen molar-refractivity contribution in [2.45, 2.75) is 51.8 Å². The number of aliphatic hydroxyl groups is 1. The Hall–Kier alpha value is -1.14. The lowest BCUT2D eigenvalue weighted by Crippen LogP contribution is -2.61. The summed E-state index contributed by atoms with van der Waals surface area (Å²) in [6.07, 6.45) is 0. The second-order valence-corrected chi connectivity index (χ2v) is 4.90. The van der Waals surface area contributed by atoms with Crippen LogP contribution < -0.4 is 16.4 Å². The van der Waals surface area contributed by atoms with Crippen LogP contribution in [-0.2, 0) is 4.79 Å². The van der Waals surface area contributed by atoms with E-state index in [1.54, 1.807) is 34.6 Å². The lowest BCUT2D eigenvalue weighted by Gasteiger charge is -2.39. The van der Waals surface area contributed by atoms with E-state index in [2.05, 4.69) is 5.32 Å². The fourth-order valence-corrected chi connectivity index (χ4v) is 1.01. The van der Waals surface area contributed by atoms with Crippen LogP contribution >= 0.6 is 0 Å². The second kappa shape index (κ2) is 4.80. The number of carbonyl (C=O) groups is 2. The van der Waals surface area contributed by atoms with Crippen molar-refractivity contribution in [3.05, 3.63) is 0 Å². The van der Waals surface area contributed by atoms with Gasteiger partial charge in [-0.3, -0.25) is 15.4 Å². The quantitative estimate of drug-likeness (QED) is 0.533. The van der Waals surface area contributed by atoms with Crippen LogP contribution in [0.4, 0.5) is 4.79 Å². The molecule has 0 bridgehead atoms. The van der Waals surface area contributed by atoms with Crippen LogP contribution in [0.1, 0.15) is 34.6 Å². The molecule has 0 aliphatic heterocycles. The van der Waals surface area contributed by atoms with Gasteiger partial charge in [0, 0.05) is 5.54 Å². The van der Waals surface area contributed by atoms with Gasteiger partial charge in [0.15, 0.2) is 0 Å². The lowest BCUT2D eigenvalue weighted by molar-refractivity contribution is -0.123. The van der Waals surface area contributed by atoms with Gasteiger partial charge in [0.2, 0.25) is 5.91 Å². The predicted octanol–water partition coefficient (Wildman–Crippen LogP) is -0.291. The summed E-state index contributed by atoms with van der Waals surface area (Å²) in [7, 11) is 0. The highest BCUT2D eigenvalue weighted by atomic mass is 16.3. The first-order chi connectivity index (χ1) is 6.97. The minimum Gasteiger partial charge on any atom is -0.389 e. The van der Waals surface area contributed by atoms with Gasteiger partial charge in [0.25, 0.3) is 0 Å². The fraction of sp³-hybridized carbons (Fsp3) is 0.800. The van der Waals surface area contributed by atoms with Crippen molar-refractivity contribution in [2.75, 3.05) is 0 Å². The summed E-state index contributed by atoms with van der Waals surface area (Å²) in [6.45, 7) is 8.39. The van der Waals surface area contributed by atoms with Gasteiger partial charge in [-0.25, -0.2) is 4.79 Å². The van der Waals surface area contributed by atoms with Crippen molar-refractivity contribution in [1.82, 2.24) is 10.6 Å². The van der Waals surface area contributed by atoms with Crippen molar-refractivity contribution in [3.63, 3.8) is 0 Å². The third-order valence-electron chi connectivity index (χ3n) is 2.75. The molecule has 0 spiro atoms. The number of rotatable bonds is 4. The number of hydrogen-bond donors (Lipinski definition) is 4. The number of amides is 3. The Balaban J connectivity index is 4.50. The van der Waals surface area contributed by atoms with E-state index in [0.29, 0.717) is 0 Å². The number of hydrogen-bond acceptors (Lipinski definition) is 4. The van der Waals surface area contributed by atoms with Crippen LogP contribution in [0.5, 0.6) is 0 Å². The Morgan fingerprint density at radius 3 is 2.00 bits per heavy atom. The van der Waals surface area contributed by atoms with Gasteiger partial charge in [-0.05, 0) is 34.6 Å². The Morgan fingerprint density at radius 1 is 1.25 bits per heavy atom. The van der Waals surface area contributed by atoms with Crippen LogP contribution in [0.25, 0.3) is 0 Å². The number of carbonyl (C=O) groups excluding carboxylic acids is 2. The van der Waals surface area contributed by atoms with E-state index in [1.807, 2.05) is 5.32 Å². The maximum absolute atomic E-state index is 11.4. The highest BCUT2D eigenvalue weighted by molar-refractivity contribution is 5.96. The number of nitrogens with one attached hydrogen (secondary N) is 2. The van der Waals surface area contributed by atoms with E-state index in [0.717, 1.165) is 0 Å². The highest BCUT2D eigenvalue weighted by Crippen LogP contribution is 2.20. The van der Waals surface area contributed by atoms with Crippen LogP contribution in [0, 0.1) is 0 Å². The van der Waals surface area contributed by atoms with Gasteiger partial charge >= 0.3 is 6.03 Å². The van der Waals surface area contributed by atoms with Crippen LogP contribution in [0.2, 0.25) is 0 Å². The zero-order valence-electron chi connectivity index (χ0n) is 10.4. The zero-order chi connectivity index (χ0) is 13.1. The molecule has 0 aliphatic rings. The minimum atomic E-state index is -1.01. The molecule has 0 radical (unpaired) electrons. The third-order valence-corrected chi connectivity index (χ3v) is 2.75. The van der Waals surface area contributed by atoms with Gasteiger partial charge in [-0.15, -0.1) is 0 Å². The molecular weight excluding hydrogens is 210 g/mol. The van der Waals surface area contributed by atoms with E-state index >= 15 is 0 Å². The number of urea groups is 1. The van der Waals surface area contributed by atoms with E-state index in [-0.39, 0.29) is 0 Å². The van der Waals surface area contributed by atoms with Crippen LogP contribution in [-0.4, -0.2) is 34.2 Å². The number of nitrogens with two attached hydrogens (primary N) is 1. The van der Waals surface area contributed by atoms with Crippen LogP contribution in [0.3, 0.4) is 0 Å². The highest BCUT2D eigenvalue weighted by Gasteiger charge is 2.37. The van der Waals surface area contributed by atoms with Gasteiger partial charge in [-0.2, -0.15) is 0 Å². The predicted molar refractivity (Wildman–Crippen MR) is 60.7 cm³/mol. The smallest absolute Gasteiger partial charge is 0.318 e. The molecule has 0 heterocycles. The van der Waals surface area contributed by atoms with Crippen LogP contribution in [0.15, 0.2) is 0 Å². The molecule has 0 aromatic heterocycles. The molecule has 0 rings (SSSR count). The lowest BCUT2D eigenvalue weighted by atomic mass is 9.85. The standard InChI is InChI=1S/C10H21N3O3/c1-6(7(14)12-8(11)15)13-9(2,3)10(4,5)16/h6,13,16H,1-5H3,(H3,11,12,14,15). The normalized spacial score (nSPS) is 14.4. The number of imide groups is 1. The monoisotopic (exact) mass is 231 g/mol. The first-order valence-corrected chi connectivity index (χ1v) is 5.08. The van der Waals surface area contributed by atoms with Gasteiger partial charge in [0.05, 0.1) is 11.6 Å². The summed E-state index contributed by atoms with van der Waals surface area (Å²) in [5, 5.41) is 14.8. The average Bonchev–Trinajstić information content (AvgIpc) is 1.99. The molecule has 16 heavy (non-hydrogen) atoms. The number of primary amides is 1. The van der Waals surface area contributed by atoms with E-state index in [1.165, 1.54) is 0 Å². The first kappa shape index (κ1) is 14.9. The molecule has 3 amide bonds. The molecule has 0 aromatic carbocycles.